The zero-order chi connectivity index (χ0) is 21.7. The molecule has 1 rings (SSSR count). The van der Waals surface area contributed by atoms with Gasteiger partial charge in [-0.15, -0.1) is 0 Å². The van der Waals surface area contributed by atoms with Gasteiger partial charge in [0.15, 0.2) is 0 Å². The maximum absolute atomic E-state index is 12.9. The Balaban J connectivity index is 2.38. The van der Waals surface area contributed by atoms with Gasteiger partial charge in [-0.2, -0.15) is 0 Å². The number of carbonyl (C=O) groups excluding carboxylic acids is 1. The molecule has 4 nitrogen and oxygen atoms in total. The lowest BCUT2D eigenvalue weighted by atomic mass is 9.67. The monoisotopic (exact) mass is 410 g/mol. The lowest BCUT2D eigenvalue weighted by molar-refractivity contribution is -0.163. The average molecular weight is 411 g/mol. The number of carboxylic acid groups (broad SMARTS) is 1. The first-order chi connectivity index (χ1) is 13.8. The topological polar surface area (TPSA) is 63.6 Å². The van der Waals surface area contributed by atoms with Gasteiger partial charge in [0.2, 0.25) is 0 Å². The predicted molar refractivity (Wildman–Crippen MR) is 119 cm³/mol. The van der Waals surface area contributed by atoms with E-state index in [4.69, 9.17) is 4.74 Å². The summed E-state index contributed by atoms with van der Waals surface area (Å²) in [4.78, 5) is 24.4. The fourth-order valence-corrected chi connectivity index (χ4v) is 4.56. The van der Waals surface area contributed by atoms with Crippen molar-refractivity contribution in [1.82, 2.24) is 0 Å². The molecule has 0 aromatic heterocycles. The first-order valence-corrected chi connectivity index (χ1v) is 12.2. The van der Waals surface area contributed by atoms with E-state index in [1.165, 1.54) is 44.9 Å². The van der Waals surface area contributed by atoms with Crippen LogP contribution in [0, 0.1) is 23.2 Å². The first-order valence-electron chi connectivity index (χ1n) is 12.2. The molecule has 0 aromatic rings. The van der Waals surface area contributed by atoms with Gasteiger partial charge in [0.05, 0.1) is 17.9 Å². The van der Waals surface area contributed by atoms with Crippen LogP contribution in [-0.2, 0) is 14.3 Å². The smallest absolute Gasteiger partial charge is 0.312 e. The molecule has 2 atom stereocenters. The molecule has 1 aliphatic carbocycles. The zero-order valence-electron chi connectivity index (χ0n) is 19.5. The van der Waals surface area contributed by atoms with Gasteiger partial charge in [-0.25, -0.2) is 0 Å². The largest absolute Gasteiger partial charge is 0.481 e. The van der Waals surface area contributed by atoms with Gasteiger partial charge in [-0.3, -0.25) is 9.59 Å². The highest BCUT2D eigenvalue weighted by atomic mass is 16.5. The summed E-state index contributed by atoms with van der Waals surface area (Å²) in [5.74, 6) is -0.197. The maximum Gasteiger partial charge on any atom is 0.312 e. The molecule has 170 valence electrons. The van der Waals surface area contributed by atoms with Gasteiger partial charge in [0.1, 0.15) is 0 Å². The Morgan fingerprint density at radius 3 is 2.07 bits per heavy atom. The van der Waals surface area contributed by atoms with Crippen LogP contribution in [0.15, 0.2) is 0 Å². The van der Waals surface area contributed by atoms with Crippen molar-refractivity contribution in [3.63, 3.8) is 0 Å². The molecule has 0 spiro atoms. The maximum atomic E-state index is 12.9. The standard InChI is InChI=1S/C25H46O4/c1-20(2)14-11-9-7-5-6-8-10-12-16-25(24(28)29-19-21(3)4)17-13-15-22(18-25)23(26)27/h20-22H,5-19H2,1-4H3,(H,26,27). The fourth-order valence-electron chi connectivity index (χ4n) is 4.56. The van der Waals surface area contributed by atoms with Crippen LogP contribution in [0.3, 0.4) is 0 Å². The quantitative estimate of drug-likeness (QED) is 0.233. The second-order valence-electron chi connectivity index (χ2n) is 10.2. The molecule has 1 N–H and O–H groups in total. The van der Waals surface area contributed by atoms with Gasteiger partial charge in [0, 0.05) is 0 Å². The Hall–Kier alpha value is -1.06. The molecule has 0 aliphatic heterocycles. The predicted octanol–water partition coefficient (Wildman–Crippen LogP) is 7.00. The molecule has 0 amide bonds. The average Bonchev–Trinajstić information content (AvgIpc) is 2.67. The van der Waals surface area contributed by atoms with E-state index in [2.05, 4.69) is 13.8 Å². The Kier molecular flexibility index (Phi) is 12.6. The van der Waals surface area contributed by atoms with E-state index >= 15 is 0 Å². The number of esters is 1. The number of hydrogen-bond donors (Lipinski definition) is 1. The molecule has 1 saturated carbocycles. The van der Waals surface area contributed by atoms with Crippen LogP contribution in [0.5, 0.6) is 0 Å². The minimum absolute atomic E-state index is 0.151. The number of hydrogen-bond acceptors (Lipinski definition) is 3. The molecule has 2 unspecified atom stereocenters. The molecule has 0 radical (unpaired) electrons. The number of unbranched alkanes of at least 4 members (excludes halogenated alkanes) is 7. The SMILES string of the molecule is CC(C)CCCCCCCCCCC1(C(=O)OCC(C)C)CCCC(C(=O)O)C1. The second-order valence-corrected chi connectivity index (χ2v) is 10.2. The third kappa shape index (κ3) is 10.5. The van der Waals surface area contributed by atoms with Crippen molar-refractivity contribution in [2.24, 2.45) is 23.2 Å². The number of rotatable bonds is 15. The summed E-state index contributed by atoms with van der Waals surface area (Å²) in [7, 11) is 0. The van der Waals surface area contributed by atoms with Crippen molar-refractivity contribution in [3.8, 4) is 0 Å². The van der Waals surface area contributed by atoms with Crippen LogP contribution < -0.4 is 0 Å². The highest BCUT2D eigenvalue weighted by molar-refractivity contribution is 5.79. The minimum Gasteiger partial charge on any atom is -0.481 e. The summed E-state index contributed by atoms with van der Waals surface area (Å²) >= 11 is 0. The molecule has 0 aromatic carbocycles. The highest BCUT2D eigenvalue weighted by Gasteiger charge is 2.45. The molecule has 0 saturated heterocycles. The lowest BCUT2D eigenvalue weighted by Crippen LogP contribution is -2.40. The molecule has 1 fully saturated rings. The molecular weight excluding hydrogens is 364 g/mol. The molecule has 1 aliphatic rings. The van der Waals surface area contributed by atoms with Crippen LogP contribution >= 0.6 is 0 Å². The molecule has 29 heavy (non-hydrogen) atoms. The van der Waals surface area contributed by atoms with E-state index in [-0.39, 0.29) is 5.97 Å². The summed E-state index contributed by atoms with van der Waals surface area (Å²) in [6, 6.07) is 0. The highest BCUT2D eigenvalue weighted by Crippen LogP contribution is 2.44. The summed E-state index contributed by atoms with van der Waals surface area (Å²) in [5.41, 5.74) is -0.576. The number of carboxylic acids is 1. The lowest BCUT2D eigenvalue weighted by Gasteiger charge is -2.38. The Morgan fingerprint density at radius 2 is 1.52 bits per heavy atom. The van der Waals surface area contributed by atoms with Gasteiger partial charge in [-0.05, 0) is 37.5 Å². The summed E-state index contributed by atoms with van der Waals surface area (Å²) in [6.07, 6.45) is 14.8. The van der Waals surface area contributed by atoms with Crippen molar-refractivity contribution in [1.29, 1.82) is 0 Å². The zero-order valence-corrected chi connectivity index (χ0v) is 19.5. The van der Waals surface area contributed by atoms with Crippen LogP contribution in [-0.4, -0.2) is 23.7 Å². The Morgan fingerprint density at radius 1 is 0.931 bits per heavy atom. The van der Waals surface area contributed by atoms with Crippen LogP contribution in [0.1, 0.15) is 118 Å². The number of carbonyl (C=O) groups is 2. The van der Waals surface area contributed by atoms with Crippen molar-refractivity contribution >= 4 is 11.9 Å². The first kappa shape index (κ1) is 26.0. The molecular formula is C25H46O4. The number of ether oxygens (including phenoxy) is 1. The van der Waals surface area contributed by atoms with Gasteiger partial charge >= 0.3 is 11.9 Å². The fraction of sp³-hybridized carbons (Fsp3) is 0.920. The third-order valence-corrected chi connectivity index (χ3v) is 6.36. The van der Waals surface area contributed by atoms with Crippen molar-refractivity contribution in [2.75, 3.05) is 6.61 Å². The Bertz CT molecular complexity index is 471. The van der Waals surface area contributed by atoms with Crippen LogP contribution in [0.4, 0.5) is 0 Å². The minimum atomic E-state index is -0.761. The van der Waals surface area contributed by atoms with E-state index in [0.717, 1.165) is 38.0 Å². The normalized spacial score (nSPS) is 22.2. The summed E-state index contributed by atoms with van der Waals surface area (Å²) in [6.45, 7) is 9.06. The van der Waals surface area contributed by atoms with Gasteiger partial charge in [-0.1, -0.05) is 91.9 Å². The van der Waals surface area contributed by atoms with Crippen LogP contribution in [0.2, 0.25) is 0 Å². The van der Waals surface area contributed by atoms with Crippen LogP contribution in [0.25, 0.3) is 0 Å². The van der Waals surface area contributed by atoms with E-state index < -0.39 is 17.3 Å². The van der Waals surface area contributed by atoms with E-state index in [1.54, 1.807) is 0 Å². The second kappa shape index (κ2) is 14.0. The van der Waals surface area contributed by atoms with E-state index in [9.17, 15) is 14.7 Å². The Labute approximate surface area is 179 Å². The summed E-state index contributed by atoms with van der Waals surface area (Å²) < 4.78 is 5.59. The van der Waals surface area contributed by atoms with Gasteiger partial charge < -0.3 is 9.84 Å². The molecule has 0 bridgehead atoms. The molecule has 0 heterocycles. The van der Waals surface area contributed by atoms with Crippen molar-refractivity contribution < 1.29 is 19.4 Å². The van der Waals surface area contributed by atoms with Gasteiger partial charge in [0.25, 0.3) is 0 Å². The molecule has 4 heteroatoms. The van der Waals surface area contributed by atoms with Crippen molar-refractivity contribution in [3.05, 3.63) is 0 Å². The van der Waals surface area contributed by atoms with E-state index in [1.807, 2.05) is 13.8 Å². The van der Waals surface area contributed by atoms with E-state index in [0.29, 0.717) is 25.4 Å². The third-order valence-electron chi connectivity index (χ3n) is 6.36. The number of aliphatic carboxylic acids is 1. The van der Waals surface area contributed by atoms with Crippen molar-refractivity contribution in [2.45, 2.75) is 118 Å². The summed E-state index contributed by atoms with van der Waals surface area (Å²) in [5, 5.41) is 9.48.